The van der Waals surface area contributed by atoms with Gasteiger partial charge in [0, 0.05) is 17.7 Å². The van der Waals surface area contributed by atoms with Gasteiger partial charge >= 0.3 is 0 Å². The summed E-state index contributed by atoms with van der Waals surface area (Å²) in [6.07, 6.45) is 0.595. The summed E-state index contributed by atoms with van der Waals surface area (Å²) in [5.74, 6) is 0.707. The van der Waals surface area contributed by atoms with Crippen molar-refractivity contribution in [1.82, 2.24) is 0 Å². The zero-order chi connectivity index (χ0) is 10.4. The number of benzene rings is 1. The lowest BCUT2D eigenvalue weighted by atomic mass is 10.1. The van der Waals surface area contributed by atoms with Gasteiger partial charge in [-0.1, -0.05) is 30.3 Å². The summed E-state index contributed by atoms with van der Waals surface area (Å²) < 4.78 is 0. The minimum Gasteiger partial charge on any atom is -0.294 e. The van der Waals surface area contributed by atoms with Crippen molar-refractivity contribution in [2.45, 2.75) is 6.42 Å². The molecular formula is C10H12OPS2+. The van der Waals surface area contributed by atoms with E-state index in [0.29, 0.717) is 6.42 Å². The molecule has 74 valence electrons. The average molecular weight is 243 g/mol. The van der Waals surface area contributed by atoms with Crippen LogP contribution in [0.4, 0.5) is 0 Å². The lowest BCUT2D eigenvalue weighted by molar-refractivity contribution is 0.0989. The van der Waals surface area contributed by atoms with Crippen LogP contribution in [0.25, 0.3) is 0 Å². The highest BCUT2D eigenvalue weighted by Crippen LogP contribution is 2.34. The second-order valence-corrected chi connectivity index (χ2v) is 9.11. The van der Waals surface area contributed by atoms with Gasteiger partial charge in [0.15, 0.2) is 17.6 Å². The quantitative estimate of drug-likeness (QED) is 0.582. The molecule has 0 fully saturated rings. The van der Waals surface area contributed by atoms with Gasteiger partial charge in [-0.2, -0.15) is 0 Å². The maximum absolute atomic E-state index is 11.6. The standard InChI is InChI=1S/C10H12OPS2/c1-12(13)14-8-7-10(11)9-5-3-2-4-6-9/h2-6H,7-8H2,1H3/q+1. The van der Waals surface area contributed by atoms with Crippen LogP contribution in [0, 0.1) is 0 Å². The van der Waals surface area contributed by atoms with E-state index < -0.39 is 0 Å². The predicted molar refractivity (Wildman–Crippen MR) is 68.1 cm³/mol. The first-order chi connectivity index (χ1) is 6.70. The van der Waals surface area contributed by atoms with Crippen molar-refractivity contribution in [3.05, 3.63) is 35.9 Å². The van der Waals surface area contributed by atoms with E-state index in [4.69, 9.17) is 11.8 Å². The van der Waals surface area contributed by atoms with Gasteiger partial charge in [-0.25, -0.2) is 0 Å². The Bertz CT molecular complexity index is 324. The Hall–Kier alpha value is -0.240. The van der Waals surface area contributed by atoms with E-state index in [1.165, 1.54) is 0 Å². The molecule has 1 atom stereocenters. The zero-order valence-electron chi connectivity index (χ0n) is 7.97. The Morgan fingerprint density at radius 1 is 1.43 bits per heavy atom. The van der Waals surface area contributed by atoms with E-state index in [1.54, 1.807) is 11.4 Å². The number of rotatable bonds is 5. The Kier molecular flexibility index (Phi) is 5.31. The number of carbonyl (C=O) groups is 1. The third kappa shape index (κ3) is 4.32. The minimum absolute atomic E-state index is 0.213. The van der Waals surface area contributed by atoms with Crippen molar-refractivity contribution in [2.75, 3.05) is 12.4 Å². The molecule has 0 radical (unpaired) electrons. The number of hydrogen-bond donors (Lipinski definition) is 0. The molecule has 0 bridgehead atoms. The van der Waals surface area contributed by atoms with E-state index in [9.17, 15) is 4.79 Å². The van der Waals surface area contributed by atoms with E-state index in [0.717, 1.165) is 11.3 Å². The molecule has 14 heavy (non-hydrogen) atoms. The summed E-state index contributed by atoms with van der Waals surface area (Å²) in [6.45, 7) is 2.03. The first kappa shape index (κ1) is 11.8. The smallest absolute Gasteiger partial charge is 0.241 e. The Labute approximate surface area is 94.5 Å². The monoisotopic (exact) mass is 243 g/mol. The second kappa shape index (κ2) is 6.28. The molecule has 0 saturated carbocycles. The molecule has 0 aliphatic heterocycles. The van der Waals surface area contributed by atoms with Gasteiger partial charge in [0.1, 0.15) is 6.66 Å². The highest BCUT2D eigenvalue weighted by Gasteiger charge is 2.08. The zero-order valence-corrected chi connectivity index (χ0v) is 10.5. The van der Waals surface area contributed by atoms with Crippen molar-refractivity contribution in [1.29, 1.82) is 0 Å². The Balaban J connectivity index is 2.40. The summed E-state index contributed by atoms with van der Waals surface area (Å²) in [5.41, 5.74) is 0.804. The topological polar surface area (TPSA) is 17.1 Å². The molecule has 0 N–H and O–H groups in total. The molecule has 0 aliphatic carbocycles. The molecular weight excluding hydrogens is 231 g/mol. The summed E-state index contributed by atoms with van der Waals surface area (Å²) >= 11 is 6.78. The molecule has 0 saturated heterocycles. The van der Waals surface area contributed by atoms with Crippen LogP contribution in [0.3, 0.4) is 0 Å². The fourth-order valence-corrected chi connectivity index (χ4v) is 3.29. The maximum atomic E-state index is 11.6. The van der Waals surface area contributed by atoms with Gasteiger partial charge in [0.2, 0.25) is 5.90 Å². The van der Waals surface area contributed by atoms with E-state index in [2.05, 4.69) is 0 Å². The third-order valence-electron chi connectivity index (χ3n) is 1.70. The molecule has 1 unspecified atom stereocenters. The predicted octanol–water partition coefficient (Wildman–Crippen LogP) is 3.48. The highest BCUT2D eigenvalue weighted by atomic mass is 32.9. The van der Waals surface area contributed by atoms with Crippen molar-refractivity contribution >= 4 is 34.9 Å². The van der Waals surface area contributed by atoms with Crippen molar-refractivity contribution in [3.8, 4) is 0 Å². The number of carbonyl (C=O) groups excluding carboxylic acids is 1. The van der Waals surface area contributed by atoms with Crippen LogP contribution in [0.15, 0.2) is 30.3 Å². The van der Waals surface area contributed by atoms with Gasteiger partial charge < -0.3 is 0 Å². The van der Waals surface area contributed by atoms with Crippen LogP contribution in [0.5, 0.6) is 0 Å². The first-order valence-corrected chi connectivity index (χ1v) is 8.71. The highest BCUT2D eigenvalue weighted by molar-refractivity contribution is 8.64. The fourth-order valence-electron chi connectivity index (χ4n) is 1.04. The molecule has 0 heterocycles. The third-order valence-corrected chi connectivity index (χ3v) is 5.04. The van der Waals surface area contributed by atoms with Crippen molar-refractivity contribution < 1.29 is 4.79 Å². The van der Waals surface area contributed by atoms with E-state index in [1.807, 2.05) is 37.0 Å². The van der Waals surface area contributed by atoms with Gasteiger partial charge in [-0.15, -0.1) is 0 Å². The summed E-state index contributed by atoms with van der Waals surface area (Å²) in [6, 6.07) is 9.41. The minimum atomic E-state index is -0.352. The number of hydrogen-bond acceptors (Lipinski definition) is 3. The average Bonchev–Trinajstić information content (AvgIpc) is 2.18. The normalized spacial score (nSPS) is 11.1. The maximum Gasteiger partial charge on any atom is 0.241 e. The van der Waals surface area contributed by atoms with Crippen LogP contribution < -0.4 is 0 Å². The van der Waals surface area contributed by atoms with Crippen LogP contribution in [-0.2, 0) is 11.8 Å². The largest absolute Gasteiger partial charge is 0.294 e. The van der Waals surface area contributed by atoms with Gasteiger partial charge in [0.05, 0.1) is 11.4 Å². The van der Waals surface area contributed by atoms with Gasteiger partial charge in [-0.05, 0) is 0 Å². The van der Waals surface area contributed by atoms with Crippen molar-refractivity contribution in [3.63, 3.8) is 0 Å². The summed E-state index contributed by atoms with van der Waals surface area (Å²) in [7, 11) is 0. The molecule has 0 amide bonds. The van der Waals surface area contributed by atoms with Crippen LogP contribution >= 0.6 is 17.3 Å². The van der Waals surface area contributed by atoms with Crippen LogP contribution in [-0.4, -0.2) is 18.2 Å². The summed E-state index contributed by atoms with van der Waals surface area (Å²) in [5, 5.41) is 0. The number of Topliss-reactive ketones (excluding diaryl/α,β-unsaturated/α-hetero) is 1. The number of ketones is 1. The Morgan fingerprint density at radius 2 is 2.07 bits per heavy atom. The van der Waals surface area contributed by atoms with E-state index in [-0.39, 0.29) is 11.7 Å². The van der Waals surface area contributed by atoms with Gasteiger partial charge in [0.25, 0.3) is 0 Å². The molecule has 0 aliphatic rings. The first-order valence-electron chi connectivity index (χ1n) is 4.32. The molecule has 1 rings (SSSR count). The SMILES string of the molecule is C[P+](=S)SCCC(=O)c1ccccc1. The second-order valence-electron chi connectivity index (χ2n) is 2.81. The van der Waals surface area contributed by atoms with Gasteiger partial charge in [-0.3, -0.25) is 4.79 Å². The molecule has 0 aromatic heterocycles. The molecule has 4 heteroatoms. The molecule has 1 aromatic rings. The van der Waals surface area contributed by atoms with Crippen molar-refractivity contribution in [2.24, 2.45) is 0 Å². The molecule has 1 nitrogen and oxygen atoms in total. The van der Waals surface area contributed by atoms with Crippen LogP contribution in [0.2, 0.25) is 0 Å². The lowest BCUT2D eigenvalue weighted by Gasteiger charge is -1.96. The summed E-state index contributed by atoms with van der Waals surface area (Å²) in [4.78, 5) is 11.6. The Morgan fingerprint density at radius 3 is 2.64 bits per heavy atom. The molecule has 0 spiro atoms. The van der Waals surface area contributed by atoms with E-state index >= 15 is 0 Å². The molecule has 1 aromatic carbocycles. The van der Waals surface area contributed by atoms with Crippen LogP contribution in [0.1, 0.15) is 16.8 Å². The lowest BCUT2D eigenvalue weighted by Crippen LogP contribution is -1.99. The fraction of sp³-hybridized carbons (Fsp3) is 0.300.